The summed E-state index contributed by atoms with van der Waals surface area (Å²) in [6.45, 7) is 6.01. The van der Waals surface area contributed by atoms with Gasteiger partial charge in [-0.2, -0.15) is 0 Å². The van der Waals surface area contributed by atoms with Crippen LogP contribution in [0.4, 0.5) is 5.95 Å². The van der Waals surface area contributed by atoms with E-state index < -0.39 is 0 Å². The van der Waals surface area contributed by atoms with Crippen molar-refractivity contribution in [3.8, 4) is 11.3 Å². The lowest BCUT2D eigenvalue weighted by atomic mass is 10.2. The summed E-state index contributed by atoms with van der Waals surface area (Å²) >= 11 is 3.49. The van der Waals surface area contributed by atoms with E-state index >= 15 is 0 Å². The van der Waals surface area contributed by atoms with Crippen molar-refractivity contribution in [3.63, 3.8) is 0 Å². The highest BCUT2D eigenvalue weighted by Gasteiger charge is 2.18. The summed E-state index contributed by atoms with van der Waals surface area (Å²) in [4.78, 5) is 21.6. The Balaban J connectivity index is 2.33. The van der Waals surface area contributed by atoms with E-state index in [-0.39, 0.29) is 12.0 Å². The Hall–Kier alpha value is -2.09. The van der Waals surface area contributed by atoms with Gasteiger partial charge in [-0.15, -0.1) is 0 Å². The molecule has 0 spiro atoms. The van der Waals surface area contributed by atoms with Crippen LogP contribution < -0.4 is 5.73 Å². The molecule has 3 heterocycles. The van der Waals surface area contributed by atoms with Crippen LogP contribution in [-0.2, 0) is 0 Å². The molecule has 0 radical (unpaired) electrons. The van der Waals surface area contributed by atoms with E-state index in [9.17, 15) is 0 Å². The van der Waals surface area contributed by atoms with Crippen molar-refractivity contribution in [2.24, 2.45) is 0 Å². The van der Waals surface area contributed by atoms with E-state index in [2.05, 4.69) is 54.7 Å². The summed E-state index contributed by atoms with van der Waals surface area (Å²) in [6.07, 6.45) is 3.29. The summed E-state index contributed by atoms with van der Waals surface area (Å²) in [5.41, 5.74) is 8.51. The number of imidazole rings is 1. The quantitative estimate of drug-likeness (QED) is 0.715. The Labute approximate surface area is 129 Å². The molecule has 0 saturated heterocycles. The molecule has 108 valence electrons. The van der Waals surface area contributed by atoms with Crippen LogP contribution in [0, 0.1) is 6.92 Å². The standard InChI is InChI=1S/C13H14BrN7/c1-6(2)21-11-10(20-12(21)14)9(18-7(3)19-11)8-4-16-13(15)17-5-8/h4-6H,1-3H3,(H2,15,16,17). The van der Waals surface area contributed by atoms with E-state index in [1.807, 2.05) is 11.5 Å². The highest BCUT2D eigenvalue weighted by atomic mass is 79.9. The van der Waals surface area contributed by atoms with Gasteiger partial charge in [0.15, 0.2) is 10.4 Å². The van der Waals surface area contributed by atoms with Crippen LogP contribution in [0.1, 0.15) is 25.7 Å². The van der Waals surface area contributed by atoms with E-state index in [0.717, 1.165) is 21.5 Å². The normalized spacial score (nSPS) is 11.5. The molecule has 0 fully saturated rings. The van der Waals surface area contributed by atoms with Crippen molar-refractivity contribution in [1.82, 2.24) is 29.5 Å². The van der Waals surface area contributed by atoms with Crippen LogP contribution in [0.3, 0.4) is 0 Å². The van der Waals surface area contributed by atoms with Gasteiger partial charge in [0.25, 0.3) is 0 Å². The molecule has 7 nitrogen and oxygen atoms in total. The largest absolute Gasteiger partial charge is 0.368 e. The van der Waals surface area contributed by atoms with Crippen LogP contribution in [0.15, 0.2) is 17.1 Å². The number of fused-ring (bicyclic) bond motifs is 1. The van der Waals surface area contributed by atoms with E-state index in [1.165, 1.54) is 0 Å². The predicted octanol–water partition coefficient (Wildman–Crippen LogP) is 2.52. The molecule has 0 aliphatic rings. The Kier molecular flexibility index (Phi) is 3.32. The summed E-state index contributed by atoms with van der Waals surface area (Å²) in [5.74, 6) is 0.901. The summed E-state index contributed by atoms with van der Waals surface area (Å²) in [7, 11) is 0. The molecule has 0 atom stereocenters. The summed E-state index contributed by atoms with van der Waals surface area (Å²) in [6, 6.07) is 0.231. The van der Waals surface area contributed by atoms with Gasteiger partial charge in [-0.05, 0) is 36.7 Å². The third kappa shape index (κ3) is 2.35. The number of nitrogens with two attached hydrogens (primary N) is 1. The van der Waals surface area contributed by atoms with Crippen LogP contribution in [0.5, 0.6) is 0 Å². The SMILES string of the molecule is Cc1nc(-c2cnc(N)nc2)c2nc(Br)n(C(C)C)c2n1. The number of hydrogen-bond donors (Lipinski definition) is 1. The van der Waals surface area contributed by atoms with Crippen molar-refractivity contribution >= 4 is 33.0 Å². The summed E-state index contributed by atoms with van der Waals surface area (Å²) in [5, 5.41) is 0. The molecule has 3 aromatic rings. The zero-order chi connectivity index (χ0) is 15.1. The Bertz CT molecular complexity index is 807. The second-order valence-electron chi connectivity index (χ2n) is 4.97. The Morgan fingerprint density at radius 2 is 1.81 bits per heavy atom. The Morgan fingerprint density at radius 1 is 1.14 bits per heavy atom. The molecular weight excluding hydrogens is 334 g/mol. The molecule has 0 unspecified atom stereocenters. The molecule has 0 aliphatic heterocycles. The maximum Gasteiger partial charge on any atom is 0.219 e. The molecular formula is C13H14BrN7. The van der Waals surface area contributed by atoms with Gasteiger partial charge < -0.3 is 10.3 Å². The maximum absolute atomic E-state index is 5.53. The second-order valence-corrected chi connectivity index (χ2v) is 5.68. The molecule has 2 N–H and O–H groups in total. The van der Waals surface area contributed by atoms with Crippen molar-refractivity contribution < 1.29 is 0 Å². The second kappa shape index (κ2) is 5.03. The van der Waals surface area contributed by atoms with Gasteiger partial charge >= 0.3 is 0 Å². The molecule has 0 bridgehead atoms. The third-order valence-electron chi connectivity index (χ3n) is 3.07. The number of anilines is 1. The minimum atomic E-state index is 0.231. The molecule has 0 amide bonds. The van der Waals surface area contributed by atoms with E-state index in [0.29, 0.717) is 11.5 Å². The molecule has 21 heavy (non-hydrogen) atoms. The lowest BCUT2D eigenvalue weighted by molar-refractivity contribution is 0.599. The average molecular weight is 348 g/mol. The highest BCUT2D eigenvalue weighted by molar-refractivity contribution is 9.10. The fraction of sp³-hybridized carbons (Fsp3) is 0.308. The van der Waals surface area contributed by atoms with Crippen molar-refractivity contribution in [1.29, 1.82) is 0 Å². The first-order valence-corrected chi connectivity index (χ1v) is 7.26. The van der Waals surface area contributed by atoms with Gasteiger partial charge in [0.1, 0.15) is 17.0 Å². The average Bonchev–Trinajstić information content (AvgIpc) is 2.74. The van der Waals surface area contributed by atoms with Gasteiger partial charge in [-0.3, -0.25) is 0 Å². The van der Waals surface area contributed by atoms with Crippen LogP contribution >= 0.6 is 15.9 Å². The number of aromatic nitrogens is 6. The van der Waals surface area contributed by atoms with Crippen molar-refractivity contribution in [2.45, 2.75) is 26.8 Å². The number of nitrogens with zero attached hydrogens (tertiary/aromatic N) is 6. The zero-order valence-electron chi connectivity index (χ0n) is 11.9. The molecule has 0 aromatic carbocycles. The number of hydrogen-bond acceptors (Lipinski definition) is 6. The van der Waals surface area contributed by atoms with E-state index in [4.69, 9.17) is 5.73 Å². The first-order chi connectivity index (χ1) is 9.97. The number of rotatable bonds is 2. The van der Waals surface area contributed by atoms with Crippen LogP contribution in [-0.4, -0.2) is 29.5 Å². The van der Waals surface area contributed by atoms with Gasteiger partial charge in [-0.25, -0.2) is 24.9 Å². The van der Waals surface area contributed by atoms with Crippen molar-refractivity contribution in [3.05, 3.63) is 23.0 Å². The maximum atomic E-state index is 5.53. The predicted molar refractivity (Wildman–Crippen MR) is 83.6 cm³/mol. The van der Waals surface area contributed by atoms with Crippen LogP contribution in [0.2, 0.25) is 0 Å². The summed E-state index contributed by atoms with van der Waals surface area (Å²) < 4.78 is 2.75. The molecule has 0 saturated carbocycles. The zero-order valence-corrected chi connectivity index (χ0v) is 13.5. The third-order valence-corrected chi connectivity index (χ3v) is 3.63. The van der Waals surface area contributed by atoms with Crippen LogP contribution in [0.25, 0.3) is 22.4 Å². The molecule has 3 rings (SSSR count). The number of nitrogen functional groups attached to an aromatic ring is 1. The van der Waals surface area contributed by atoms with Gasteiger partial charge in [0.05, 0.1) is 0 Å². The monoisotopic (exact) mass is 347 g/mol. The fourth-order valence-corrected chi connectivity index (χ4v) is 2.93. The first-order valence-electron chi connectivity index (χ1n) is 6.47. The number of aryl methyl sites for hydroxylation is 1. The minimum Gasteiger partial charge on any atom is -0.368 e. The molecule has 0 aliphatic carbocycles. The van der Waals surface area contributed by atoms with Gasteiger partial charge in [0.2, 0.25) is 5.95 Å². The minimum absolute atomic E-state index is 0.231. The first kappa shape index (κ1) is 13.9. The molecule has 8 heteroatoms. The number of halogens is 1. The Morgan fingerprint density at radius 3 is 2.43 bits per heavy atom. The highest BCUT2D eigenvalue weighted by Crippen LogP contribution is 2.29. The fourth-order valence-electron chi connectivity index (χ4n) is 2.18. The molecule has 3 aromatic heterocycles. The topological polar surface area (TPSA) is 95.4 Å². The lowest BCUT2D eigenvalue weighted by Gasteiger charge is -2.09. The lowest BCUT2D eigenvalue weighted by Crippen LogP contribution is -2.03. The van der Waals surface area contributed by atoms with Gasteiger partial charge in [-0.1, -0.05) is 0 Å². The van der Waals surface area contributed by atoms with Crippen molar-refractivity contribution in [2.75, 3.05) is 5.73 Å². The smallest absolute Gasteiger partial charge is 0.219 e. The van der Waals surface area contributed by atoms with E-state index in [1.54, 1.807) is 12.4 Å². The van der Waals surface area contributed by atoms with Gasteiger partial charge in [0, 0.05) is 24.0 Å².